The lowest BCUT2D eigenvalue weighted by atomic mass is 10.1. The van der Waals surface area contributed by atoms with Gasteiger partial charge in [-0.25, -0.2) is 22.8 Å². The first-order valence-corrected chi connectivity index (χ1v) is 14.6. The maximum Gasteiger partial charge on any atom is 0.519 e. The van der Waals surface area contributed by atoms with Gasteiger partial charge in [0.15, 0.2) is 28.0 Å². The number of carbonyl (C=O) groups is 2. The fourth-order valence-corrected chi connectivity index (χ4v) is 5.75. The van der Waals surface area contributed by atoms with Gasteiger partial charge in [0.1, 0.15) is 0 Å². The smallest absolute Gasteiger partial charge is 0.441 e. The number of carbonyl (C=O) groups excluding carboxylic acids is 2. The molecule has 2 aromatic carbocycles. The zero-order valence-electron chi connectivity index (χ0n) is 23.2. The zero-order valence-corrected chi connectivity index (χ0v) is 24.0. The summed E-state index contributed by atoms with van der Waals surface area (Å²) in [5, 5.41) is 5.47. The van der Waals surface area contributed by atoms with Crippen LogP contribution in [0.2, 0.25) is 0 Å². The minimum Gasteiger partial charge on any atom is -0.441 e. The van der Waals surface area contributed by atoms with Crippen LogP contribution in [0.3, 0.4) is 0 Å². The summed E-state index contributed by atoms with van der Waals surface area (Å²) in [6.45, 7) is 11.0. The van der Waals surface area contributed by atoms with Gasteiger partial charge in [0.25, 0.3) is 0 Å². The largest absolute Gasteiger partial charge is 0.519 e. The summed E-state index contributed by atoms with van der Waals surface area (Å²) in [7, 11) is -3.69. The average Bonchev–Trinajstić information content (AvgIpc) is 3.51. The van der Waals surface area contributed by atoms with Crippen LogP contribution >= 0.6 is 0 Å². The van der Waals surface area contributed by atoms with E-state index in [1.165, 1.54) is 36.1 Å². The molecule has 42 heavy (non-hydrogen) atoms. The van der Waals surface area contributed by atoms with Crippen molar-refractivity contribution in [3.8, 4) is 0 Å². The second-order valence-corrected chi connectivity index (χ2v) is 11.6. The third-order valence-corrected chi connectivity index (χ3v) is 8.34. The topological polar surface area (TPSA) is 148 Å². The lowest BCUT2D eigenvalue weighted by Gasteiger charge is -2.16. The van der Waals surface area contributed by atoms with Crippen molar-refractivity contribution in [2.24, 2.45) is 0 Å². The maximum absolute atomic E-state index is 13.1. The second kappa shape index (κ2) is 12.8. The van der Waals surface area contributed by atoms with Crippen molar-refractivity contribution in [3.05, 3.63) is 118 Å². The number of nitrogens with one attached hydrogen (secondary N) is 2. The molecule has 0 radical (unpaired) electrons. The number of hydrogen-bond acceptors (Lipinski definition) is 8. The number of allylic oxidation sites excluding steroid dienone is 2. The first-order valence-electron chi connectivity index (χ1n) is 13.0. The molecule has 4 rings (SSSR count). The number of benzene rings is 2. The molecule has 1 aliphatic rings. The van der Waals surface area contributed by atoms with Crippen molar-refractivity contribution in [2.45, 2.75) is 50.2 Å². The predicted molar refractivity (Wildman–Crippen MR) is 155 cm³/mol. The van der Waals surface area contributed by atoms with Gasteiger partial charge in [0.2, 0.25) is 0 Å². The molecule has 0 bridgehead atoms. The Balaban J connectivity index is 1.34. The van der Waals surface area contributed by atoms with Gasteiger partial charge in [0.05, 0.1) is 16.7 Å². The summed E-state index contributed by atoms with van der Waals surface area (Å²) in [5.74, 6) is -0.730. The molecule has 0 saturated carbocycles. The molecule has 0 fully saturated rings. The van der Waals surface area contributed by atoms with Crippen molar-refractivity contribution in [2.75, 3.05) is 5.32 Å². The predicted octanol–water partition coefficient (Wildman–Crippen LogP) is 4.98. The van der Waals surface area contributed by atoms with Crippen molar-refractivity contribution in [3.63, 3.8) is 0 Å². The number of aryl methyl sites for hydroxylation is 1. The number of anilines is 1. The summed E-state index contributed by atoms with van der Waals surface area (Å²) in [4.78, 5) is 37.6. The number of ether oxygens (including phenoxy) is 1. The molecular formula is C30H31N3O8S. The van der Waals surface area contributed by atoms with Crippen molar-refractivity contribution < 1.29 is 31.6 Å². The van der Waals surface area contributed by atoms with Crippen molar-refractivity contribution >= 4 is 27.6 Å². The minimum atomic E-state index is -3.69. The summed E-state index contributed by atoms with van der Waals surface area (Å²) < 4.78 is 41.1. The molecule has 1 atom stereocenters. The van der Waals surface area contributed by atoms with E-state index in [0.29, 0.717) is 17.8 Å². The minimum absolute atomic E-state index is 0.108. The van der Waals surface area contributed by atoms with Crippen LogP contribution in [0, 0.1) is 6.92 Å². The Morgan fingerprint density at radius 2 is 1.81 bits per heavy atom. The Hall–Kier alpha value is -4.84. The van der Waals surface area contributed by atoms with Gasteiger partial charge in [-0.2, -0.15) is 0 Å². The number of nitrogens with zero attached hydrogens (tertiary/aromatic N) is 1. The highest BCUT2D eigenvalue weighted by atomic mass is 32.2. The zero-order chi connectivity index (χ0) is 30.4. The molecule has 220 valence electrons. The summed E-state index contributed by atoms with van der Waals surface area (Å²) >= 11 is 0. The maximum atomic E-state index is 13.1. The monoisotopic (exact) mass is 593 g/mol. The van der Waals surface area contributed by atoms with E-state index in [2.05, 4.69) is 23.8 Å². The molecule has 1 aromatic heterocycles. The van der Waals surface area contributed by atoms with Crippen LogP contribution in [0.4, 0.5) is 15.3 Å². The molecule has 2 N–H and O–H groups in total. The fraction of sp³-hybridized carbons (Fsp3) is 0.233. The van der Waals surface area contributed by atoms with E-state index >= 15 is 0 Å². The van der Waals surface area contributed by atoms with Gasteiger partial charge in [-0.3, -0.25) is 4.90 Å². The third-order valence-electron chi connectivity index (χ3n) is 6.64. The first kappa shape index (κ1) is 30.1. The molecule has 0 aliphatic carbocycles. The van der Waals surface area contributed by atoms with E-state index in [9.17, 15) is 22.8 Å². The first-order chi connectivity index (χ1) is 20.0. The quantitative estimate of drug-likeness (QED) is 0.313. The van der Waals surface area contributed by atoms with Crippen LogP contribution in [-0.2, 0) is 40.0 Å². The van der Waals surface area contributed by atoms with Gasteiger partial charge in [-0.05, 0) is 60.4 Å². The van der Waals surface area contributed by atoms with Crippen molar-refractivity contribution in [1.82, 2.24) is 10.2 Å². The van der Waals surface area contributed by atoms with Crippen LogP contribution in [0.25, 0.3) is 0 Å². The van der Waals surface area contributed by atoms with Crippen molar-refractivity contribution in [1.29, 1.82) is 0 Å². The summed E-state index contributed by atoms with van der Waals surface area (Å²) in [5.41, 5.74) is 3.48. The van der Waals surface area contributed by atoms with E-state index in [4.69, 9.17) is 13.6 Å². The van der Waals surface area contributed by atoms with E-state index in [1.807, 2.05) is 0 Å². The lowest BCUT2D eigenvalue weighted by molar-refractivity contribution is 0.0886. The molecule has 1 unspecified atom stereocenters. The van der Waals surface area contributed by atoms with Gasteiger partial charge >= 0.3 is 17.9 Å². The molecule has 0 spiro atoms. The SMILES string of the molecule is C=C/C=C(\C=C)C(C)NC(=O)Nc1ccc(S(=O)(=O)Cc2ccc3c(c2)CN(C(=O)OCc2oc(=O)oc2C)C3)cc1. The fourth-order valence-electron chi connectivity index (χ4n) is 4.41. The molecule has 2 heterocycles. The molecule has 0 saturated heterocycles. The van der Waals surface area contributed by atoms with Crippen LogP contribution in [-0.4, -0.2) is 31.5 Å². The highest BCUT2D eigenvalue weighted by Crippen LogP contribution is 2.27. The molecule has 12 heteroatoms. The number of hydrogen-bond donors (Lipinski definition) is 2. The van der Waals surface area contributed by atoms with Crippen LogP contribution in [0.5, 0.6) is 0 Å². The molecule has 3 aromatic rings. The van der Waals surface area contributed by atoms with Crippen LogP contribution in [0.15, 0.2) is 97.9 Å². The highest BCUT2D eigenvalue weighted by Gasteiger charge is 2.26. The van der Waals surface area contributed by atoms with E-state index in [-0.39, 0.29) is 41.4 Å². The normalized spacial score (nSPS) is 13.7. The van der Waals surface area contributed by atoms with E-state index < -0.39 is 27.8 Å². The Bertz CT molecular complexity index is 1700. The van der Waals surface area contributed by atoms with Gasteiger partial charge in [0, 0.05) is 18.8 Å². The van der Waals surface area contributed by atoms with Gasteiger partial charge < -0.3 is 24.2 Å². The number of sulfone groups is 1. The summed E-state index contributed by atoms with van der Waals surface area (Å²) in [6, 6.07) is 10.4. The Morgan fingerprint density at radius 3 is 2.45 bits per heavy atom. The molecule has 3 amide bonds. The molecule has 11 nitrogen and oxygen atoms in total. The number of urea groups is 1. The van der Waals surface area contributed by atoms with Gasteiger partial charge in [-0.1, -0.05) is 49.6 Å². The molecule has 1 aliphatic heterocycles. The average molecular weight is 594 g/mol. The highest BCUT2D eigenvalue weighted by molar-refractivity contribution is 7.90. The number of fused-ring (bicyclic) bond motifs is 1. The Morgan fingerprint density at radius 1 is 1.10 bits per heavy atom. The van der Waals surface area contributed by atoms with Crippen LogP contribution in [0.1, 0.15) is 35.1 Å². The summed E-state index contributed by atoms with van der Waals surface area (Å²) in [6.07, 6.45) is 4.38. The van der Waals surface area contributed by atoms with E-state index in [1.54, 1.807) is 43.4 Å². The standard InChI is InChI=1S/C30H31N3O8S/c1-5-7-22(6-2)19(3)31-28(34)32-25-10-12-26(13-11-25)42(37,38)18-21-8-9-23-15-33(16-24(23)14-21)29(35)39-17-27-20(4)40-30(36)41-27/h5-14,19H,1-2,15-18H2,3-4H3,(H2,31,32,34)/b22-7+. The van der Waals surface area contributed by atoms with Gasteiger partial charge in [-0.15, -0.1) is 0 Å². The second-order valence-electron chi connectivity index (χ2n) is 9.66. The van der Waals surface area contributed by atoms with Crippen LogP contribution < -0.4 is 16.5 Å². The Kier molecular flexibility index (Phi) is 9.16. The number of amides is 3. The molecular weight excluding hydrogens is 562 g/mol. The number of rotatable bonds is 10. The Labute approximate surface area is 243 Å². The third kappa shape index (κ3) is 7.26. The lowest BCUT2D eigenvalue weighted by Crippen LogP contribution is -2.36. The van der Waals surface area contributed by atoms with E-state index in [0.717, 1.165) is 16.7 Å².